The number of esters is 1. The molecular weight excluding hydrogens is 290 g/mol. The van der Waals surface area contributed by atoms with Crippen LogP contribution >= 0.6 is 11.6 Å². The van der Waals surface area contributed by atoms with E-state index in [4.69, 9.17) is 16.3 Å². The highest BCUT2D eigenvalue weighted by Crippen LogP contribution is 2.26. The maximum atomic E-state index is 11.3. The Morgan fingerprint density at radius 1 is 1.24 bits per heavy atom. The van der Waals surface area contributed by atoms with E-state index in [0.29, 0.717) is 12.2 Å². The van der Waals surface area contributed by atoms with Crippen LogP contribution in [-0.2, 0) is 11.3 Å². The average molecular weight is 306 g/mol. The van der Waals surface area contributed by atoms with Gasteiger partial charge in [0.25, 0.3) is 0 Å². The summed E-state index contributed by atoms with van der Waals surface area (Å²) in [5.41, 5.74) is 3.09. The Balaban J connectivity index is 2.05. The van der Waals surface area contributed by atoms with Crippen LogP contribution in [0.4, 0.5) is 0 Å². The standard InChI is InChI=1S/C16H16ClNO3/c1-10-6-14(7-11(2)15(10)17)21-9-13-5-4-12(8-18-13)16(19)20-3/h4-8H,9H2,1-3H3. The molecule has 21 heavy (non-hydrogen) atoms. The number of hydrogen-bond acceptors (Lipinski definition) is 4. The van der Waals surface area contributed by atoms with Gasteiger partial charge in [-0.25, -0.2) is 4.79 Å². The van der Waals surface area contributed by atoms with Gasteiger partial charge in [-0.05, 0) is 49.2 Å². The Hall–Kier alpha value is -2.07. The number of rotatable bonds is 4. The number of benzene rings is 1. The maximum Gasteiger partial charge on any atom is 0.339 e. The first kappa shape index (κ1) is 15.3. The number of nitrogens with zero attached hydrogens (tertiary/aromatic N) is 1. The van der Waals surface area contributed by atoms with Crippen LogP contribution in [0.3, 0.4) is 0 Å². The molecule has 0 radical (unpaired) electrons. The fourth-order valence-corrected chi connectivity index (χ4v) is 2.00. The lowest BCUT2D eigenvalue weighted by Gasteiger charge is -2.10. The van der Waals surface area contributed by atoms with E-state index in [9.17, 15) is 4.79 Å². The second-order valence-corrected chi connectivity index (χ2v) is 5.07. The topological polar surface area (TPSA) is 48.4 Å². The van der Waals surface area contributed by atoms with Crippen molar-refractivity contribution < 1.29 is 14.3 Å². The van der Waals surface area contributed by atoms with Gasteiger partial charge in [0.2, 0.25) is 0 Å². The SMILES string of the molecule is COC(=O)c1ccc(COc2cc(C)c(Cl)c(C)c2)nc1. The van der Waals surface area contributed by atoms with Crippen molar-refractivity contribution in [1.82, 2.24) is 4.98 Å². The van der Waals surface area contributed by atoms with Crippen molar-refractivity contribution in [1.29, 1.82) is 0 Å². The van der Waals surface area contributed by atoms with Crippen molar-refractivity contribution in [3.05, 3.63) is 57.9 Å². The lowest BCUT2D eigenvalue weighted by Crippen LogP contribution is -2.04. The first-order valence-electron chi connectivity index (χ1n) is 6.44. The van der Waals surface area contributed by atoms with Crippen LogP contribution in [0.15, 0.2) is 30.5 Å². The number of pyridine rings is 1. The minimum Gasteiger partial charge on any atom is -0.487 e. The van der Waals surface area contributed by atoms with Gasteiger partial charge in [-0.3, -0.25) is 4.98 Å². The van der Waals surface area contributed by atoms with Gasteiger partial charge in [0.1, 0.15) is 12.4 Å². The monoisotopic (exact) mass is 305 g/mol. The van der Waals surface area contributed by atoms with E-state index in [2.05, 4.69) is 9.72 Å². The van der Waals surface area contributed by atoms with Crippen molar-refractivity contribution in [2.45, 2.75) is 20.5 Å². The fraction of sp³-hybridized carbons (Fsp3) is 0.250. The summed E-state index contributed by atoms with van der Waals surface area (Å²) in [6.45, 7) is 4.19. The highest BCUT2D eigenvalue weighted by Gasteiger charge is 2.07. The third-order valence-corrected chi connectivity index (χ3v) is 3.64. The van der Waals surface area contributed by atoms with Crippen molar-refractivity contribution in [2.24, 2.45) is 0 Å². The molecule has 2 rings (SSSR count). The van der Waals surface area contributed by atoms with Gasteiger partial charge < -0.3 is 9.47 Å². The molecule has 0 bridgehead atoms. The Morgan fingerprint density at radius 3 is 2.43 bits per heavy atom. The predicted octanol–water partition coefficient (Wildman–Crippen LogP) is 3.72. The smallest absolute Gasteiger partial charge is 0.339 e. The molecule has 0 saturated heterocycles. The van der Waals surface area contributed by atoms with Crippen molar-refractivity contribution in [3.63, 3.8) is 0 Å². The lowest BCUT2D eigenvalue weighted by molar-refractivity contribution is 0.0600. The van der Waals surface area contributed by atoms with Gasteiger partial charge in [0.05, 0.1) is 18.4 Å². The van der Waals surface area contributed by atoms with E-state index in [0.717, 1.165) is 27.6 Å². The zero-order valence-corrected chi connectivity index (χ0v) is 12.9. The van der Waals surface area contributed by atoms with Gasteiger partial charge >= 0.3 is 5.97 Å². The maximum absolute atomic E-state index is 11.3. The van der Waals surface area contributed by atoms with Crippen LogP contribution in [0.2, 0.25) is 5.02 Å². The molecule has 0 aliphatic carbocycles. The van der Waals surface area contributed by atoms with Crippen LogP contribution in [0.1, 0.15) is 27.2 Å². The molecule has 4 nitrogen and oxygen atoms in total. The summed E-state index contributed by atoms with van der Waals surface area (Å²) < 4.78 is 10.3. The van der Waals surface area contributed by atoms with Crippen LogP contribution in [0.5, 0.6) is 5.75 Å². The molecule has 0 spiro atoms. The molecule has 0 amide bonds. The number of ether oxygens (including phenoxy) is 2. The minimum absolute atomic E-state index is 0.321. The average Bonchev–Trinajstić information content (AvgIpc) is 2.50. The quantitative estimate of drug-likeness (QED) is 0.808. The van der Waals surface area contributed by atoms with Gasteiger partial charge in [0.15, 0.2) is 0 Å². The van der Waals surface area contributed by atoms with E-state index >= 15 is 0 Å². The second kappa shape index (κ2) is 6.59. The van der Waals surface area contributed by atoms with Crippen molar-refractivity contribution in [3.8, 4) is 5.75 Å². The largest absolute Gasteiger partial charge is 0.487 e. The number of aromatic nitrogens is 1. The van der Waals surface area contributed by atoms with Crippen LogP contribution < -0.4 is 4.74 Å². The van der Waals surface area contributed by atoms with Crippen molar-refractivity contribution in [2.75, 3.05) is 7.11 Å². The molecule has 0 unspecified atom stereocenters. The van der Waals surface area contributed by atoms with E-state index in [1.165, 1.54) is 13.3 Å². The molecule has 1 heterocycles. The van der Waals surface area contributed by atoms with E-state index in [1.807, 2.05) is 26.0 Å². The third kappa shape index (κ3) is 3.73. The molecular formula is C16H16ClNO3. The molecule has 0 aliphatic rings. The van der Waals surface area contributed by atoms with Crippen molar-refractivity contribution >= 4 is 17.6 Å². The molecule has 0 fully saturated rings. The highest BCUT2D eigenvalue weighted by molar-refractivity contribution is 6.32. The third-order valence-electron chi connectivity index (χ3n) is 3.04. The number of hydrogen-bond donors (Lipinski definition) is 0. The summed E-state index contributed by atoms with van der Waals surface area (Å²) >= 11 is 6.12. The van der Waals surface area contributed by atoms with Crippen LogP contribution in [0, 0.1) is 13.8 Å². The van der Waals surface area contributed by atoms with Crippen LogP contribution in [-0.4, -0.2) is 18.1 Å². The molecule has 110 valence electrons. The summed E-state index contributed by atoms with van der Waals surface area (Å²) in [5.74, 6) is 0.340. The van der Waals surface area contributed by atoms with Gasteiger partial charge in [0, 0.05) is 11.2 Å². The number of aryl methyl sites for hydroxylation is 2. The summed E-state index contributed by atoms with van der Waals surface area (Å²) in [4.78, 5) is 15.5. The highest BCUT2D eigenvalue weighted by atomic mass is 35.5. The Labute approximate surface area is 128 Å². The summed E-state index contributed by atoms with van der Waals surface area (Å²) in [7, 11) is 1.34. The molecule has 1 aromatic carbocycles. The molecule has 1 aromatic heterocycles. The second-order valence-electron chi connectivity index (χ2n) is 4.69. The van der Waals surface area contributed by atoms with E-state index in [1.54, 1.807) is 12.1 Å². The Kier molecular flexibility index (Phi) is 4.81. The number of halogens is 1. The molecule has 0 N–H and O–H groups in total. The first-order valence-corrected chi connectivity index (χ1v) is 6.82. The zero-order valence-electron chi connectivity index (χ0n) is 12.1. The Bertz CT molecular complexity index is 630. The fourth-order valence-electron chi connectivity index (χ4n) is 1.90. The number of methoxy groups -OCH3 is 1. The number of carbonyl (C=O) groups is 1. The van der Waals surface area contributed by atoms with Gasteiger partial charge in [-0.2, -0.15) is 0 Å². The molecule has 5 heteroatoms. The van der Waals surface area contributed by atoms with Crippen LogP contribution in [0.25, 0.3) is 0 Å². The normalized spacial score (nSPS) is 10.3. The summed E-state index contributed by atoms with van der Waals surface area (Å²) in [6, 6.07) is 7.17. The lowest BCUT2D eigenvalue weighted by atomic mass is 10.1. The zero-order chi connectivity index (χ0) is 15.4. The Morgan fingerprint density at radius 2 is 1.90 bits per heavy atom. The summed E-state index contributed by atoms with van der Waals surface area (Å²) in [6.07, 6.45) is 1.48. The number of carbonyl (C=O) groups excluding carboxylic acids is 1. The summed E-state index contributed by atoms with van der Waals surface area (Å²) in [5, 5.41) is 0.753. The first-order chi connectivity index (χ1) is 10.0. The molecule has 0 aliphatic heterocycles. The molecule has 0 atom stereocenters. The molecule has 2 aromatic rings. The van der Waals surface area contributed by atoms with E-state index < -0.39 is 5.97 Å². The van der Waals surface area contributed by atoms with E-state index in [-0.39, 0.29) is 0 Å². The molecule has 0 saturated carbocycles. The van der Waals surface area contributed by atoms with Gasteiger partial charge in [-0.1, -0.05) is 11.6 Å². The van der Waals surface area contributed by atoms with Gasteiger partial charge in [-0.15, -0.1) is 0 Å². The predicted molar refractivity (Wildman–Crippen MR) is 80.8 cm³/mol. The minimum atomic E-state index is -0.404.